The summed E-state index contributed by atoms with van der Waals surface area (Å²) in [5, 5.41) is 7.52. The van der Waals surface area contributed by atoms with Crippen LogP contribution in [0.1, 0.15) is 36.9 Å². The van der Waals surface area contributed by atoms with Crippen molar-refractivity contribution in [1.82, 2.24) is 5.01 Å². The summed E-state index contributed by atoms with van der Waals surface area (Å²) in [5.41, 5.74) is 2.91. The zero-order chi connectivity index (χ0) is 16.4. The van der Waals surface area contributed by atoms with Crippen LogP contribution >= 0.6 is 23.2 Å². The Morgan fingerprint density at radius 3 is 2.22 bits per heavy atom. The van der Waals surface area contributed by atoms with Crippen molar-refractivity contribution in [1.29, 1.82) is 0 Å². The fourth-order valence-corrected chi connectivity index (χ4v) is 2.92. The molecule has 2 aromatic rings. The average molecular weight is 347 g/mol. The lowest BCUT2D eigenvalue weighted by atomic mass is 9.98. The van der Waals surface area contributed by atoms with Gasteiger partial charge >= 0.3 is 0 Å². The van der Waals surface area contributed by atoms with Crippen LogP contribution in [0.5, 0.6) is 0 Å². The third kappa shape index (κ3) is 3.41. The molecular weight excluding hydrogens is 331 g/mol. The summed E-state index contributed by atoms with van der Waals surface area (Å²) in [7, 11) is 0. The molecule has 0 saturated carbocycles. The van der Waals surface area contributed by atoms with Crippen LogP contribution in [0.15, 0.2) is 53.6 Å². The van der Waals surface area contributed by atoms with Gasteiger partial charge in [-0.25, -0.2) is 5.01 Å². The van der Waals surface area contributed by atoms with Crippen LogP contribution in [-0.2, 0) is 4.79 Å². The molecule has 3 rings (SSSR count). The predicted octanol–water partition coefficient (Wildman–Crippen LogP) is 5.08. The monoisotopic (exact) mass is 346 g/mol. The number of carbonyl (C=O) groups is 1. The standard InChI is InChI=1S/C18H16Cl2N2O/c1-2-18(23)22-17(13-5-9-15(20)10-6-13)11-16(21-22)12-3-7-14(19)8-4-12/h3-10,17H,2,11H2,1H3. The van der Waals surface area contributed by atoms with E-state index in [2.05, 4.69) is 5.10 Å². The first-order chi connectivity index (χ1) is 11.1. The summed E-state index contributed by atoms with van der Waals surface area (Å²) in [5.74, 6) is 0.00825. The molecule has 1 amide bonds. The first-order valence-electron chi connectivity index (χ1n) is 7.49. The summed E-state index contributed by atoms with van der Waals surface area (Å²) in [6.45, 7) is 1.84. The Bertz CT molecular complexity index is 739. The first-order valence-corrected chi connectivity index (χ1v) is 8.25. The number of amides is 1. The van der Waals surface area contributed by atoms with Crippen LogP contribution in [0.25, 0.3) is 0 Å². The summed E-state index contributed by atoms with van der Waals surface area (Å²) in [6, 6.07) is 15.0. The van der Waals surface area contributed by atoms with Crippen molar-refractivity contribution in [2.75, 3.05) is 0 Å². The Hall–Kier alpha value is -1.84. The van der Waals surface area contributed by atoms with Crippen LogP contribution in [0.3, 0.4) is 0 Å². The number of hydrogen-bond donors (Lipinski definition) is 0. The first kappa shape index (κ1) is 16.0. The van der Waals surface area contributed by atoms with Crippen LogP contribution < -0.4 is 0 Å². The number of nitrogens with zero attached hydrogens (tertiary/aromatic N) is 2. The van der Waals surface area contributed by atoms with Gasteiger partial charge in [0.05, 0.1) is 11.8 Å². The molecule has 0 N–H and O–H groups in total. The van der Waals surface area contributed by atoms with Gasteiger partial charge in [0.25, 0.3) is 0 Å². The molecule has 1 atom stereocenters. The normalized spacial score (nSPS) is 17.3. The molecule has 0 radical (unpaired) electrons. The molecule has 0 spiro atoms. The highest BCUT2D eigenvalue weighted by Gasteiger charge is 2.32. The van der Waals surface area contributed by atoms with Gasteiger partial charge in [0.1, 0.15) is 0 Å². The summed E-state index contributed by atoms with van der Waals surface area (Å²) < 4.78 is 0. The lowest BCUT2D eigenvalue weighted by molar-refractivity contribution is -0.132. The van der Waals surface area contributed by atoms with Crippen molar-refractivity contribution in [3.05, 3.63) is 69.7 Å². The molecule has 2 aromatic carbocycles. The smallest absolute Gasteiger partial charge is 0.242 e. The van der Waals surface area contributed by atoms with Crippen molar-refractivity contribution in [2.45, 2.75) is 25.8 Å². The summed E-state index contributed by atoms with van der Waals surface area (Å²) in [4.78, 5) is 12.3. The van der Waals surface area contributed by atoms with E-state index in [9.17, 15) is 4.79 Å². The SMILES string of the molecule is CCC(=O)N1N=C(c2ccc(Cl)cc2)CC1c1ccc(Cl)cc1. The van der Waals surface area contributed by atoms with Gasteiger partial charge in [-0.1, -0.05) is 54.4 Å². The van der Waals surface area contributed by atoms with Gasteiger partial charge < -0.3 is 0 Å². The minimum atomic E-state index is -0.0922. The predicted molar refractivity (Wildman–Crippen MR) is 93.9 cm³/mol. The number of rotatable bonds is 3. The Kier molecular flexibility index (Phi) is 4.69. The van der Waals surface area contributed by atoms with E-state index in [4.69, 9.17) is 23.2 Å². The molecule has 3 nitrogen and oxygen atoms in total. The number of halogens is 2. The fraction of sp³-hybridized carbons (Fsp3) is 0.222. The van der Waals surface area contributed by atoms with Crippen LogP contribution in [0, 0.1) is 0 Å². The van der Waals surface area contributed by atoms with E-state index >= 15 is 0 Å². The molecular formula is C18H16Cl2N2O. The average Bonchev–Trinajstić information content (AvgIpc) is 3.00. The zero-order valence-electron chi connectivity index (χ0n) is 12.7. The minimum Gasteiger partial charge on any atom is -0.273 e. The van der Waals surface area contributed by atoms with E-state index in [1.807, 2.05) is 55.5 Å². The highest BCUT2D eigenvalue weighted by Crippen LogP contribution is 2.33. The topological polar surface area (TPSA) is 32.7 Å². The van der Waals surface area contributed by atoms with Crippen LogP contribution in [-0.4, -0.2) is 16.6 Å². The number of hydrazone groups is 1. The maximum Gasteiger partial charge on any atom is 0.242 e. The molecule has 0 aliphatic carbocycles. The van der Waals surface area contributed by atoms with Crippen molar-refractivity contribution >= 4 is 34.8 Å². The number of benzene rings is 2. The van der Waals surface area contributed by atoms with Crippen molar-refractivity contribution in [3.8, 4) is 0 Å². The van der Waals surface area contributed by atoms with Gasteiger partial charge in [-0.3, -0.25) is 4.79 Å². The molecule has 1 unspecified atom stereocenters. The quantitative estimate of drug-likeness (QED) is 0.762. The molecule has 0 fully saturated rings. The van der Waals surface area contributed by atoms with E-state index < -0.39 is 0 Å². The molecule has 1 aliphatic rings. The third-order valence-corrected chi connectivity index (χ3v) is 4.40. The Labute approximate surface area is 145 Å². The minimum absolute atomic E-state index is 0.00825. The molecule has 118 valence electrons. The van der Waals surface area contributed by atoms with Gasteiger partial charge in [0.2, 0.25) is 5.91 Å². The zero-order valence-corrected chi connectivity index (χ0v) is 14.2. The van der Waals surface area contributed by atoms with E-state index in [0.717, 1.165) is 16.8 Å². The van der Waals surface area contributed by atoms with Gasteiger partial charge in [-0.15, -0.1) is 0 Å². The number of carbonyl (C=O) groups excluding carboxylic acids is 1. The summed E-state index contributed by atoms with van der Waals surface area (Å²) >= 11 is 11.9. The molecule has 5 heteroatoms. The Balaban J connectivity index is 1.93. The third-order valence-electron chi connectivity index (χ3n) is 3.90. The second-order valence-electron chi connectivity index (χ2n) is 5.42. The van der Waals surface area contributed by atoms with E-state index in [1.165, 1.54) is 0 Å². The van der Waals surface area contributed by atoms with Gasteiger partial charge in [0, 0.05) is 22.9 Å². The van der Waals surface area contributed by atoms with E-state index in [1.54, 1.807) is 5.01 Å². The largest absolute Gasteiger partial charge is 0.273 e. The van der Waals surface area contributed by atoms with Crippen molar-refractivity contribution in [3.63, 3.8) is 0 Å². The lowest BCUT2D eigenvalue weighted by Gasteiger charge is -2.21. The molecule has 23 heavy (non-hydrogen) atoms. The van der Waals surface area contributed by atoms with E-state index in [-0.39, 0.29) is 11.9 Å². The maximum absolute atomic E-state index is 12.3. The van der Waals surface area contributed by atoms with Gasteiger partial charge in [0.15, 0.2) is 0 Å². The molecule has 0 bridgehead atoms. The second-order valence-corrected chi connectivity index (χ2v) is 6.29. The van der Waals surface area contributed by atoms with Crippen LogP contribution in [0.2, 0.25) is 10.0 Å². The maximum atomic E-state index is 12.3. The lowest BCUT2D eigenvalue weighted by Crippen LogP contribution is -2.26. The number of hydrogen-bond acceptors (Lipinski definition) is 2. The molecule has 1 heterocycles. The van der Waals surface area contributed by atoms with Gasteiger partial charge in [-0.2, -0.15) is 5.10 Å². The Morgan fingerprint density at radius 1 is 1.09 bits per heavy atom. The fourth-order valence-electron chi connectivity index (χ4n) is 2.66. The second kappa shape index (κ2) is 6.73. The Morgan fingerprint density at radius 2 is 1.65 bits per heavy atom. The van der Waals surface area contributed by atoms with Gasteiger partial charge in [-0.05, 0) is 35.4 Å². The highest BCUT2D eigenvalue weighted by atomic mass is 35.5. The molecule has 0 saturated heterocycles. The highest BCUT2D eigenvalue weighted by molar-refractivity contribution is 6.31. The molecule has 0 aromatic heterocycles. The van der Waals surface area contributed by atoms with Crippen molar-refractivity contribution in [2.24, 2.45) is 5.10 Å². The van der Waals surface area contributed by atoms with Crippen molar-refractivity contribution < 1.29 is 4.79 Å². The summed E-state index contributed by atoms with van der Waals surface area (Å²) in [6.07, 6.45) is 1.09. The van der Waals surface area contributed by atoms with E-state index in [0.29, 0.717) is 22.9 Å². The molecule has 1 aliphatic heterocycles. The van der Waals surface area contributed by atoms with Crippen LogP contribution in [0.4, 0.5) is 0 Å².